The second-order valence-corrected chi connectivity index (χ2v) is 5.28. The van der Waals surface area contributed by atoms with Gasteiger partial charge in [-0.25, -0.2) is 4.98 Å². The standard InChI is InChI=1S/C15H18N4O4/c1-9(2)23-14(21)6-7-16-15-17-12-5-4-11(10(3)20)8-13(12)19(22)18-15/h4-5,8-9H,6-7H2,1-3H3,(H,16,17,18). The Balaban J connectivity index is 2.09. The number of hydrogen-bond acceptors (Lipinski definition) is 7. The predicted octanol–water partition coefficient (Wildman–Crippen LogP) is 1.22. The van der Waals surface area contributed by atoms with Crippen LogP contribution >= 0.6 is 0 Å². The summed E-state index contributed by atoms with van der Waals surface area (Å²) < 4.78 is 5.00. The second-order valence-electron chi connectivity index (χ2n) is 5.28. The number of carbonyl (C=O) groups is 2. The summed E-state index contributed by atoms with van der Waals surface area (Å²) in [5.41, 5.74) is 1.04. The number of anilines is 1. The SMILES string of the molecule is CC(=O)c1ccc2nc(NCCC(=O)OC(C)C)n[n+]([O-])c2c1. The van der Waals surface area contributed by atoms with Gasteiger partial charge < -0.3 is 15.3 Å². The molecule has 2 aromatic rings. The number of ether oxygens (including phenoxy) is 1. The second kappa shape index (κ2) is 6.99. The number of rotatable bonds is 6. The summed E-state index contributed by atoms with van der Waals surface area (Å²) >= 11 is 0. The fourth-order valence-electron chi connectivity index (χ4n) is 1.94. The number of ketones is 1. The number of aromatic nitrogens is 3. The Labute approximate surface area is 133 Å². The molecule has 0 radical (unpaired) electrons. The van der Waals surface area contributed by atoms with Gasteiger partial charge in [-0.05, 0) is 37.7 Å². The Bertz CT molecular complexity index is 746. The first kappa shape index (κ1) is 16.6. The lowest BCUT2D eigenvalue weighted by Gasteiger charge is -2.08. The molecular formula is C15H18N4O4. The highest BCUT2D eigenvalue weighted by atomic mass is 16.5. The van der Waals surface area contributed by atoms with E-state index in [0.717, 1.165) is 0 Å². The van der Waals surface area contributed by atoms with E-state index in [-0.39, 0.29) is 42.3 Å². The summed E-state index contributed by atoms with van der Waals surface area (Å²) in [7, 11) is 0. The van der Waals surface area contributed by atoms with E-state index in [1.54, 1.807) is 26.0 Å². The van der Waals surface area contributed by atoms with Gasteiger partial charge in [0.15, 0.2) is 5.78 Å². The smallest absolute Gasteiger partial charge is 0.307 e. The van der Waals surface area contributed by atoms with Crippen molar-refractivity contribution in [3.8, 4) is 0 Å². The minimum Gasteiger partial charge on any atom is -0.594 e. The van der Waals surface area contributed by atoms with E-state index in [9.17, 15) is 14.8 Å². The molecule has 0 bridgehead atoms. The van der Waals surface area contributed by atoms with Gasteiger partial charge in [0.25, 0.3) is 11.5 Å². The van der Waals surface area contributed by atoms with Crippen LogP contribution in [0, 0.1) is 5.21 Å². The molecule has 8 nitrogen and oxygen atoms in total. The van der Waals surface area contributed by atoms with Crippen molar-refractivity contribution in [3.05, 3.63) is 29.0 Å². The van der Waals surface area contributed by atoms with Crippen LogP contribution in [0.5, 0.6) is 0 Å². The zero-order valence-corrected chi connectivity index (χ0v) is 13.2. The quantitative estimate of drug-likeness (QED) is 0.369. The van der Waals surface area contributed by atoms with Gasteiger partial charge in [0.05, 0.1) is 17.6 Å². The van der Waals surface area contributed by atoms with Crippen molar-refractivity contribution < 1.29 is 19.2 Å². The summed E-state index contributed by atoms with van der Waals surface area (Å²) in [5.74, 6) is -0.368. The molecule has 0 unspecified atom stereocenters. The van der Waals surface area contributed by atoms with Crippen LogP contribution in [-0.2, 0) is 9.53 Å². The van der Waals surface area contributed by atoms with Gasteiger partial charge in [-0.15, -0.1) is 0 Å². The molecule has 23 heavy (non-hydrogen) atoms. The average molecular weight is 318 g/mol. The number of nitrogens with one attached hydrogen (secondary N) is 1. The molecule has 8 heteroatoms. The Morgan fingerprint density at radius 1 is 1.39 bits per heavy atom. The lowest BCUT2D eigenvalue weighted by atomic mass is 10.1. The molecule has 2 rings (SSSR count). The molecule has 1 aromatic heterocycles. The summed E-state index contributed by atoms with van der Waals surface area (Å²) in [6, 6.07) is 4.64. The highest BCUT2D eigenvalue weighted by Crippen LogP contribution is 2.12. The van der Waals surface area contributed by atoms with Gasteiger partial charge in [-0.2, -0.15) is 0 Å². The van der Waals surface area contributed by atoms with E-state index in [1.807, 2.05) is 0 Å². The van der Waals surface area contributed by atoms with Crippen LogP contribution in [0.25, 0.3) is 11.0 Å². The molecule has 0 aliphatic rings. The lowest BCUT2D eigenvalue weighted by molar-refractivity contribution is -0.641. The zero-order chi connectivity index (χ0) is 17.0. The topological polar surface area (TPSA) is 108 Å². The van der Waals surface area contributed by atoms with Gasteiger partial charge >= 0.3 is 5.97 Å². The van der Waals surface area contributed by atoms with Crippen molar-refractivity contribution in [2.75, 3.05) is 11.9 Å². The van der Waals surface area contributed by atoms with E-state index in [1.165, 1.54) is 13.0 Å². The lowest BCUT2D eigenvalue weighted by Crippen LogP contribution is -2.34. The van der Waals surface area contributed by atoms with Crippen LogP contribution in [0.4, 0.5) is 5.95 Å². The maximum absolute atomic E-state index is 11.9. The maximum atomic E-state index is 11.9. The number of nitrogens with zero attached hydrogens (tertiary/aromatic N) is 3. The highest BCUT2D eigenvalue weighted by molar-refractivity contribution is 5.96. The molecule has 122 valence electrons. The highest BCUT2D eigenvalue weighted by Gasteiger charge is 2.13. The minimum absolute atomic E-state index is 0.112. The Hall–Kier alpha value is -2.77. The molecule has 1 heterocycles. The molecule has 0 amide bonds. The summed E-state index contributed by atoms with van der Waals surface area (Å²) in [6.07, 6.45) is -0.0273. The van der Waals surface area contributed by atoms with Gasteiger partial charge in [0.1, 0.15) is 5.52 Å². The molecule has 0 aliphatic carbocycles. The zero-order valence-electron chi connectivity index (χ0n) is 13.2. The first-order chi connectivity index (χ1) is 10.9. The van der Waals surface area contributed by atoms with Crippen molar-refractivity contribution in [2.24, 2.45) is 0 Å². The van der Waals surface area contributed by atoms with Gasteiger partial charge in [-0.1, -0.05) is 0 Å². The number of benzene rings is 1. The third kappa shape index (κ3) is 4.35. The van der Waals surface area contributed by atoms with Crippen LogP contribution in [0.3, 0.4) is 0 Å². The van der Waals surface area contributed by atoms with Crippen LogP contribution in [0.1, 0.15) is 37.6 Å². The number of Topliss-reactive ketones (excluding diaryl/α,β-unsaturated/α-hetero) is 1. The average Bonchev–Trinajstić information content (AvgIpc) is 2.46. The molecule has 1 N–H and O–H groups in total. The van der Waals surface area contributed by atoms with E-state index < -0.39 is 0 Å². The van der Waals surface area contributed by atoms with E-state index in [2.05, 4.69) is 15.4 Å². The van der Waals surface area contributed by atoms with Crippen molar-refractivity contribution in [3.63, 3.8) is 0 Å². The minimum atomic E-state index is -0.339. The molecule has 0 aliphatic heterocycles. The number of hydrogen-bond donors (Lipinski definition) is 1. The summed E-state index contributed by atoms with van der Waals surface area (Å²) in [5, 5.41) is 18.5. The van der Waals surface area contributed by atoms with Crippen LogP contribution in [-0.4, -0.2) is 34.5 Å². The number of esters is 1. The molecule has 0 atom stereocenters. The largest absolute Gasteiger partial charge is 0.594 e. The summed E-state index contributed by atoms with van der Waals surface area (Å²) in [6.45, 7) is 5.22. The van der Waals surface area contributed by atoms with Crippen LogP contribution in [0.2, 0.25) is 0 Å². The van der Waals surface area contributed by atoms with E-state index in [0.29, 0.717) is 15.9 Å². The Morgan fingerprint density at radius 2 is 2.13 bits per heavy atom. The molecule has 0 fully saturated rings. The van der Waals surface area contributed by atoms with Crippen molar-refractivity contribution in [2.45, 2.75) is 33.3 Å². The fourth-order valence-corrected chi connectivity index (χ4v) is 1.94. The van der Waals surface area contributed by atoms with Crippen molar-refractivity contribution in [1.82, 2.24) is 10.1 Å². The molecule has 0 saturated carbocycles. The molecule has 1 aromatic carbocycles. The predicted molar refractivity (Wildman–Crippen MR) is 82.8 cm³/mol. The third-order valence-corrected chi connectivity index (χ3v) is 2.98. The van der Waals surface area contributed by atoms with E-state index in [4.69, 9.17) is 4.74 Å². The van der Waals surface area contributed by atoms with Gasteiger partial charge in [0.2, 0.25) is 0 Å². The first-order valence-corrected chi connectivity index (χ1v) is 7.22. The van der Waals surface area contributed by atoms with Crippen LogP contribution < -0.4 is 10.2 Å². The normalized spacial score (nSPS) is 10.8. The van der Waals surface area contributed by atoms with E-state index >= 15 is 0 Å². The monoisotopic (exact) mass is 318 g/mol. The number of carbonyl (C=O) groups excluding carboxylic acids is 2. The van der Waals surface area contributed by atoms with Gasteiger partial charge in [-0.3, -0.25) is 9.59 Å². The first-order valence-electron chi connectivity index (χ1n) is 7.22. The number of fused-ring (bicyclic) bond motifs is 1. The van der Waals surface area contributed by atoms with Crippen LogP contribution in [0.15, 0.2) is 18.2 Å². The Morgan fingerprint density at radius 3 is 2.78 bits per heavy atom. The molecular weight excluding hydrogens is 300 g/mol. The third-order valence-electron chi connectivity index (χ3n) is 2.98. The van der Waals surface area contributed by atoms with Crippen molar-refractivity contribution >= 4 is 28.7 Å². The summed E-state index contributed by atoms with van der Waals surface area (Å²) in [4.78, 5) is 27.4. The van der Waals surface area contributed by atoms with Crippen molar-refractivity contribution in [1.29, 1.82) is 0 Å². The Kier molecular flexibility index (Phi) is 5.05. The molecule has 0 saturated heterocycles. The molecule has 0 spiro atoms. The van der Waals surface area contributed by atoms with Gasteiger partial charge in [0, 0.05) is 18.2 Å². The maximum Gasteiger partial charge on any atom is 0.307 e. The fraction of sp³-hybridized carbons (Fsp3) is 0.400.